The van der Waals surface area contributed by atoms with Crippen LogP contribution in [-0.2, 0) is 0 Å². The molecule has 0 aliphatic heterocycles. The molecule has 0 spiro atoms. The van der Waals surface area contributed by atoms with Crippen molar-refractivity contribution in [3.8, 4) is 17.2 Å². The number of ether oxygens (including phenoxy) is 1. The van der Waals surface area contributed by atoms with Gasteiger partial charge in [-0.1, -0.05) is 35.3 Å². The second kappa shape index (κ2) is 9.30. The van der Waals surface area contributed by atoms with E-state index in [4.69, 9.17) is 27.9 Å². The van der Waals surface area contributed by atoms with E-state index in [0.717, 1.165) is 6.07 Å². The van der Waals surface area contributed by atoms with Crippen LogP contribution in [0.15, 0.2) is 65.8 Å². The van der Waals surface area contributed by atoms with Crippen LogP contribution in [-0.4, -0.2) is 28.3 Å². The normalized spacial score (nSPS) is 10.7. The van der Waals surface area contributed by atoms with Crippen molar-refractivity contribution in [1.82, 2.24) is 5.43 Å². The predicted octanol–water partition coefficient (Wildman–Crippen LogP) is 4.39. The van der Waals surface area contributed by atoms with Crippen LogP contribution in [0.2, 0.25) is 10.0 Å². The molecule has 152 valence electrons. The molecule has 0 bridgehead atoms. The second-order valence-corrected chi connectivity index (χ2v) is 6.87. The molecule has 0 atom stereocenters. The quantitative estimate of drug-likeness (QED) is 0.234. The SMILES string of the molecule is O=C(N/N=C/c1cccc(OC(=O)c2ccc(Cl)cc2Cl)c1)c1cc(O)cc(O)c1. The molecule has 0 heterocycles. The molecule has 3 rings (SSSR count). The number of benzene rings is 3. The van der Waals surface area contributed by atoms with Gasteiger partial charge in [0, 0.05) is 16.7 Å². The molecule has 0 unspecified atom stereocenters. The van der Waals surface area contributed by atoms with Gasteiger partial charge in [0.2, 0.25) is 0 Å². The van der Waals surface area contributed by atoms with Crippen LogP contribution in [0.3, 0.4) is 0 Å². The van der Waals surface area contributed by atoms with Crippen molar-refractivity contribution >= 4 is 41.3 Å². The van der Waals surface area contributed by atoms with E-state index >= 15 is 0 Å². The maximum absolute atomic E-state index is 12.3. The van der Waals surface area contributed by atoms with E-state index < -0.39 is 11.9 Å². The van der Waals surface area contributed by atoms with E-state index in [1.165, 1.54) is 42.6 Å². The molecule has 3 N–H and O–H groups in total. The number of hydrogen-bond donors (Lipinski definition) is 3. The van der Waals surface area contributed by atoms with Crippen molar-refractivity contribution in [2.45, 2.75) is 0 Å². The molecule has 1 amide bonds. The summed E-state index contributed by atoms with van der Waals surface area (Å²) in [6, 6.07) is 14.4. The zero-order valence-electron chi connectivity index (χ0n) is 15.2. The van der Waals surface area contributed by atoms with Crippen LogP contribution >= 0.6 is 23.2 Å². The van der Waals surface area contributed by atoms with Crippen molar-refractivity contribution in [2.75, 3.05) is 0 Å². The summed E-state index contributed by atoms with van der Waals surface area (Å²) in [5.74, 6) is -1.53. The lowest BCUT2D eigenvalue weighted by molar-refractivity contribution is 0.0734. The highest BCUT2D eigenvalue weighted by Gasteiger charge is 2.13. The fourth-order valence-electron chi connectivity index (χ4n) is 2.43. The third-order valence-corrected chi connectivity index (χ3v) is 4.31. The Morgan fingerprint density at radius 2 is 1.70 bits per heavy atom. The number of rotatable bonds is 5. The Kier molecular flexibility index (Phi) is 6.56. The van der Waals surface area contributed by atoms with Crippen LogP contribution in [0.4, 0.5) is 0 Å². The van der Waals surface area contributed by atoms with E-state index in [0.29, 0.717) is 10.6 Å². The summed E-state index contributed by atoms with van der Waals surface area (Å²) in [4.78, 5) is 24.3. The average molecular weight is 445 g/mol. The summed E-state index contributed by atoms with van der Waals surface area (Å²) in [6.07, 6.45) is 1.34. The lowest BCUT2D eigenvalue weighted by Gasteiger charge is -2.07. The van der Waals surface area contributed by atoms with E-state index in [2.05, 4.69) is 10.5 Å². The van der Waals surface area contributed by atoms with Crippen LogP contribution in [0.1, 0.15) is 26.3 Å². The molecule has 0 saturated heterocycles. The Hall–Kier alpha value is -3.55. The van der Waals surface area contributed by atoms with Crippen molar-refractivity contribution in [1.29, 1.82) is 0 Å². The first kappa shape index (κ1) is 21.2. The first-order valence-electron chi connectivity index (χ1n) is 8.45. The van der Waals surface area contributed by atoms with Gasteiger partial charge >= 0.3 is 5.97 Å². The fraction of sp³-hybridized carbons (Fsp3) is 0. The Balaban J connectivity index is 1.66. The number of hydrogen-bond acceptors (Lipinski definition) is 6. The molecule has 0 fully saturated rings. The number of halogens is 2. The predicted molar refractivity (Wildman–Crippen MR) is 113 cm³/mol. The molecule has 0 radical (unpaired) electrons. The van der Waals surface area contributed by atoms with E-state index in [9.17, 15) is 19.8 Å². The first-order valence-corrected chi connectivity index (χ1v) is 9.21. The summed E-state index contributed by atoms with van der Waals surface area (Å²) in [5.41, 5.74) is 3.02. The minimum Gasteiger partial charge on any atom is -0.508 e. The van der Waals surface area contributed by atoms with Crippen molar-refractivity contribution in [3.05, 3.63) is 87.4 Å². The van der Waals surface area contributed by atoms with Crippen LogP contribution in [0.5, 0.6) is 17.2 Å². The van der Waals surface area contributed by atoms with Gasteiger partial charge in [0.15, 0.2) is 0 Å². The average Bonchev–Trinajstić information content (AvgIpc) is 2.67. The third kappa shape index (κ3) is 5.50. The molecular formula is C21H14Cl2N2O5. The number of carbonyl (C=O) groups is 2. The maximum atomic E-state index is 12.3. The maximum Gasteiger partial charge on any atom is 0.345 e. The second-order valence-electron chi connectivity index (χ2n) is 6.02. The highest BCUT2D eigenvalue weighted by molar-refractivity contribution is 6.36. The highest BCUT2D eigenvalue weighted by atomic mass is 35.5. The number of nitrogens with one attached hydrogen (secondary N) is 1. The molecule has 9 heteroatoms. The van der Waals surface area contributed by atoms with Gasteiger partial charge in [-0.3, -0.25) is 4.79 Å². The minimum atomic E-state index is -0.650. The summed E-state index contributed by atoms with van der Waals surface area (Å²) in [7, 11) is 0. The smallest absolute Gasteiger partial charge is 0.345 e. The molecule has 3 aromatic rings. The van der Waals surface area contributed by atoms with Crippen LogP contribution < -0.4 is 10.2 Å². The van der Waals surface area contributed by atoms with Gasteiger partial charge in [0.05, 0.1) is 16.8 Å². The molecule has 0 aromatic heterocycles. The summed E-state index contributed by atoms with van der Waals surface area (Å²) in [6.45, 7) is 0. The molecule has 0 saturated carbocycles. The Morgan fingerprint density at radius 3 is 2.40 bits per heavy atom. The zero-order chi connectivity index (χ0) is 21.7. The molecule has 3 aromatic carbocycles. The number of aromatic hydroxyl groups is 2. The summed E-state index contributed by atoms with van der Waals surface area (Å²) >= 11 is 11.8. The van der Waals surface area contributed by atoms with Gasteiger partial charge in [-0.25, -0.2) is 10.2 Å². The van der Waals surface area contributed by atoms with Crippen molar-refractivity contribution in [2.24, 2.45) is 5.10 Å². The number of amides is 1. The first-order chi connectivity index (χ1) is 14.3. The molecule has 0 aliphatic carbocycles. The van der Waals surface area contributed by atoms with Gasteiger partial charge in [0.1, 0.15) is 17.2 Å². The van der Waals surface area contributed by atoms with Gasteiger partial charge in [0.25, 0.3) is 5.91 Å². The van der Waals surface area contributed by atoms with Gasteiger partial charge < -0.3 is 14.9 Å². The van der Waals surface area contributed by atoms with Crippen LogP contribution in [0.25, 0.3) is 0 Å². The van der Waals surface area contributed by atoms with Gasteiger partial charge in [-0.15, -0.1) is 0 Å². The highest BCUT2D eigenvalue weighted by Crippen LogP contribution is 2.23. The van der Waals surface area contributed by atoms with Crippen molar-refractivity contribution < 1.29 is 24.5 Å². The summed E-state index contributed by atoms with van der Waals surface area (Å²) < 4.78 is 5.31. The topological polar surface area (TPSA) is 108 Å². The summed E-state index contributed by atoms with van der Waals surface area (Å²) in [5, 5.41) is 23.2. The Labute approximate surface area is 181 Å². The number of phenols is 2. The van der Waals surface area contributed by atoms with E-state index in [-0.39, 0.29) is 33.4 Å². The number of nitrogens with zero attached hydrogens (tertiary/aromatic N) is 1. The van der Waals surface area contributed by atoms with Crippen molar-refractivity contribution in [3.63, 3.8) is 0 Å². The number of esters is 1. The standard InChI is InChI=1S/C21H14Cl2N2O5/c22-14-4-5-18(19(23)9-14)21(29)30-17-3-1-2-12(6-17)11-24-25-20(28)13-7-15(26)10-16(27)8-13/h1-11,26-27H,(H,25,28)/b24-11+. The molecule has 30 heavy (non-hydrogen) atoms. The third-order valence-electron chi connectivity index (χ3n) is 3.76. The number of hydrazone groups is 1. The minimum absolute atomic E-state index is 0.0344. The van der Waals surface area contributed by atoms with E-state index in [1.807, 2.05) is 0 Å². The number of phenolic OH excluding ortho intramolecular Hbond substituents is 2. The van der Waals surface area contributed by atoms with Gasteiger partial charge in [-0.2, -0.15) is 5.10 Å². The fourth-order valence-corrected chi connectivity index (χ4v) is 2.92. The number of carbonyl (C=O) groups excluding carboxylic acids is 2. The van der Waals surface area contributed by atoms with Gasteiger partial charge in [-0.05, 0) is 48.0 Å². The lowest BCUT2D eigenvalue weighted by Crippen LogP contribution is -2.17. The van der Waals surface area contributed by atoms with Crippen LogP contribution in [0, 0.1) is 0 Å². The Morgan fingerprint density at radius 1 is 0.967 bits per heavy atom. The molecular weight excluding hydrogens is 431 g/mol. The van der Waals surface area contributed by atoms with E-state index in [1.54, 1.807) is 18.2 Å². The monoisotopic (exact) mass is 444 g/mol. The zero-order valence-corrected chi connectivity index (χ0v) is 16.7. The lowest BCUT2D eigenvalue weighted by atomic mass is 10.2. The molecule has 0 aliphatic rings. The molecule has 7 nitrogen and oxygen atoms in total. The Bertz CT molecular complexity index is 1130. The largest absolute Gasteiger partial charge is 0.508 e.